The van der Waals surface area contributed by atoms with Gasteiger partial charge in [0, 0.05) is 43.9 Å². The summed E-state index contributed by atoms with van der Waals surface area (Å²) in [6.07, 6.45) is 9.80. The number of carbonyl (C=O) groups excluding carboxylic acids is 1. The number of unbranched alkanes of at least 4 members (excludes halogenated alkanes) is 1. The fourth-order valence-electron chi connectivity index (χ4n) is 6.25. The van der Waals surface area contributed by atoms with Gasteiger partial charge in [-0.1, -0.05) is 18.2 Å². The van der Waals surface area contributed by atoms with Crippen LogP contribution in [0.2, 0.25) is 0 Å². The molecule has 2 aliphatic heterocycles. The first-order chi connectivity index (χ1) is 20.5. The van der Waals surface area contributed by atoms with Gasteiger partial charge in [0.05, 0.1) is 13.1 Å². The smallest absolute Gasteiger partial charge is 0.278 e. The molecule has 11 heteroatoms. The summed E-state index contributed by atoms with van der Waals surface area (Å²) in [5.41, 5.74) is 4.27. The lowest BCUT2D eigenvalue weighted by Crippen LogP contribution is -2.35. The number of aldehydes is 1. The van der Waals surface area contributed by atoms with E-state index in [2.05, 4.69) is 40.4 Å². The Hall–Kier alpha value is -4.51. The predicted molar refractivity (Wildman–Crippen MR) is 161 cm³/mol. The highest BCUT2D eigenvalue weighted by molar-refractivity contribution is 5.77. The second-order valence-corrected chi connectivity index (χ2v) is 11.6. The second-order valence-electron chi connectivity index (χ2n) is 11.6. The van der Waals surface area contributed by atoms with Crippen LogP contribution in [0.15, 0.2) is 53.5 Å². The van der Waals surface area contributed by atoms with Crippen molar-refractivity contribution >= 4 is 34.8 Å². The number of ether oxygens (including phenoxy) is 1. The van der Waals surface area contributed by atoms with Gasteiger partial charge in [-0.3, -0.25) is 4.79 Å². The number of benzene rings is 1. The number of carbonyl (C=O) groups is 1. The maximum Gasteiger partial charge on any atom is 0.278 e. The molecule has 1 aromatic carbocycles. The second kappa shape index (κ2) is 10.4. The van der Waals surface area contributed by atoms with Crippen LogP contribution < -0.4 is 20.5 Å². The first-order valence-corrected chi connectivity index (χ1v) is 14.5. The van der Waals surface area contributed by atoms with Crippen LogP contribution in [0.5, 0.6) is 5.75 Å². The van der Waals surface area contributed by atoms with Crippen molar-refractivity contribution in [1.82, 2.24) is 29.2 Å². The maximum atomic E-state index is 13.6. The molecular weight excluding hydrogens is 532 g/mol. The Labute approximate surface area is 243 Å². The molecule has 0 unspecified atom stereocenters. The highest BCUT2D eigenvalue weighted by Gasteiger charge is 2.48. The summed E-state index contributed by atoms with van der Waals surface area (Å²) in [5, 5.41) is 3.78. The number of hydrogen-bond donors (Lipinski definition) is 1. The predicted octanol–water partition coefficient (Wildman–Crippen LogP) is 3.56. The first-order valence-electron chi connectivity index (χ1n) is 14.5. The zero-order valence-electron chi connectivity index (χ0n) is 23.9. The molecule has 5 heterocycles. The largest absolute Gasteiger partial charge is 0.488 e. The third kappa shape index (κ3) is 4.63. The van der Waals surface area contributed by atoms with E-state index in [0.717, 1.165) is 31.6 Å². The van der Waals surface area contributed by atoms with E-state index in [4.69, 9.17) is 14.7 Å². The number of fused-ring (bicyclic) bond motifs is 4. The van der Waals surface area contributed by atoms with Crippen LogP contribution >= 0.6 is 0 Å². The maximum absolute atomic E-state index is 13.6. The minimum absolute atomic E-state index is 0.215. The molecule has 4 aromatic rings. The molecule has 0 radical (unpaired) electrons. The van der Waals surface area contributed by atoms with Crippen LogP contribution in [0.3, 0.4) is 0 Å². The van der Waals surface area contributed by atoms with Crippen molar-refractivity contribution in [2.75, 3.05) is 44.0 Å². The number of nitrogens with zero attached hydrogens (tertiary/aromatic N) is 7. The molecule has 0 amide bonds. The van der Waals surface area contributed by atoms with Crippen LogP contribution in [0, 0.1) is 0 Å². The molecule has 1 saturated carbocycles. The van der Waals surface area contributed by atoms with Crippen molar-refractivity contribution in [2.24, 2.45) is 0 Å². The lowest BCUT2D eigenvalue weighted by molar-refractivity contribution is -0.107. The van der Waals surface area contributed by atoms with Crippen LogP contribution in [-0.4, -0.2) is 69.3 Å². The van der Waals surface area contributed by atoms with E-state index in [1.54, 1.807) is 15.6 Å². The lowest BCUT2D eigenvalue weighted by Gasteiger charge is -2.32. The number of aromatic nitrogens is 5. The molecule has 0 saturated heterocycles. The molecule has 0 bridgehead atoms. The van der Waals surface area contributed by atoms with Gasteiger partial charge >= 0.3 is 0 Å². The zero-order chi connectivity index (χ0) is 28.8. The van der Waals surface area contributed by atoms with Crippen molar-refractivity contribution in [3.05, 3.63) is 70.2 Å². The summed E-state index contributed by atoms with van der Waals surface area (Å²) in [5.74, 6) is 2.37. The number of likely N-dealkylation sites (N-methyl/N-ethyl adjacent to an activating group) is 2. The topological polar surface area (TPSA) is 110 Å². The van der Waals surface area contributed by atoms with Gasteiger partial charge in [0.1, 0.15) is 18.3 Å². The van der Waals surface area contributed by atoms with Crippen LogP contribution in [-0.2, 0) is 23.3 Å². The molecule has 11 nitrogen and oxygen atoms in total. The molecule has 3 aliphatic rings. The molecule has 1 aliphatic carbocycles. The van der Waals surface area contributed by atoms with Crippen molar-refractivity contribution in [3.63, 3.8) is 0 Å². The van der Waals surface area contributed by atoms with E-state index in [1.165, 1.54) is 24.0 Å². The first kappa shape index (κ1) is 26.4. The molecule has 1 N–H and O–H groups in total. The molecule has 1 fully saturated rings. The molecule has 0 atom stereocenters. The molecule has 42 heavy (non-hydrogen) atoms. The SMILES string of the molecule is CN1Cc2cc(Nc3ncc4c(=O)n(C/C=C\CCC=O)n(-c5ccc6c(n5)N(C)CCO6)c4n3)ccc2C2(CC2)C1. The van der Waals surface area contributed by atoms with Gasteiger partial charge in [0.25, 0.3) is 5.56 Å². The number of pyridine rings is 1. The monoisotopic (exact) mass is 566 g/mol. The van der Waals surface area contributed by atoms with E-state index < -0.39 is 0 Å². The molecule has 1 spiro atoms. The zero-order valence-corrected chi connectivity index (χ0v) is 23.9. The molecule has 7 rings (SSSR count). The number of allylic oxidation sites excluding steroid dienone is 2. The van der Waals surface area contributed by atoms with Gasteiger partial charge in [-0.25, -0.2) is 19.3 Å². The lowest BCUT2D eigenvalue weighted by atomic mass is 9.87. The number of nitrogens with one attached hydrogen (secondary N) is 1. The highest BCUT2D eigenvalue weighted by Crippen LogP contribution is 2.52. The normalized spacial score (nSPS) is 17.3. The Bertz CT molecular complexity index is 1770. The van der Waals surface area contributed by atoms with Crippen molar-refractivity contribution in [2.45, 2.75) is 44.2 Å². The fourth-order valence-corrected chi connectivity index (χ4v) is 6.25. The minimum atomic E-state index is -0.215. The summed E-state index contributed by atoms with van der Waals surface area (Å²) in [4.78, 5) is 43.0. The van der Waals surface area contributed by atoms with E-state index in [9.17, 15) is 9.59 Å². The third-order valence-corrected chi connectivity index (χ3v) is 8.46. The summed E-state index contributed by atoms with van der Waals surface area (Å²) in [6, 6.07) is 10.3. The summed E-state index contributed by atoms with van der Waals surface area (Å²) in [6.45, 7) is 3.64. The van der Waals surface area contributed by atoms with Crippen molar-refractivity contribution in [1.29, 1.82) is 0 Å². The number of rotatable bonds is 8. The van der Waals surface area contributed by atoms with Crippen molar-refractivity contribution < 1.29 is 9.53 Å². The fraction of sp³-hybridized carbons (Fsp3) is 0.387. The van der Waals surface area contributed by atoms with E-state index >= 15 is 0 Å². The van der Waals surface area contributed by atoms with Crippen LogP contribution in [0.1, 0.15) is 36.8 Å². The van der Waals surface area contributed by atoms with Crippen LogP contribution in [0.25, 0.3) is 16.9 Å². The number of hydrogen-bond acceptors (Lipinski definition) is 9. The van der Waals surface area contributed by atoms with E-state index in [-0.39, 0.29) is 5.56 Å². The Morgan fingerprint density at radius 1 is 1.10 bits per heavy atom. The Kier molecular flexibility index (Phi) is 6.53. The standard InChI is InChI=1S/C31H34N8O3/c1-36-19-21-17-22(7-8-24(21)31(20-36)11-12-31)33-30-32-18-23-27(35-30)39(38(29(23)41)13-5-3-4-6-15-40)26-10-9-25-28(34-26)37(2)14-16-42-25/h3,5,7-10,15,17-18H,4,6,11-14,16,19-20H2,1-2H3,(H,32,33,35)/b5-3-. The molecule has 216 valence electrons. The average Bonchev–Trinajstić information content (AvgIpc) is 3.69. The van der Waals surface area contributed by atoms with Gasteiger partial charge in [0.2, 0.25) is 5.95 Å². The Morgan fingerprint density at radius 3 is 2.81 bits per heavy atom. The Morgan fingerprint density at radius 2 is 1.98 bits per heavy atom. The summed E-state index contributed by atoms with van der Waals surface area (Å²) >= 11 is 0. The van der Waals surface area contributed by atoms with Crippen molar-refractivity contribution in [3.8, 4) is 11.6 Å². The van der Waals surface area contributed by atoms with Gasteiger partial charge in [0.15, 0.2) is 23.0 Å². The van der Waals surface area contributed by atoms with E-state index in [1.807, 2.05) is 36.2 Å². The quantitative estimate of drug-likeness (QED) is 0.194. The number of anilines is 3. The minimum Gasteiger partial charge on any atom is -0.488 e. The molecular formula is C31H34N8O3. The van der Waals surface area contributed by atoms with E-state index in [0.29, 0.717) is 65.8 Å². The highest BCUT2D eigenvalue weighted by atomic mass is 16.5. The van der Waals surface area contributed by atoms with Gasteiger partial charge < -0.3 is 24.6 Å². The Balaban J connectivity index is 1.29. The average molecular weight is 567 g/mol. The summed E-state index contributed by atoms with van der Waals surface area (Å²) < 4.78 is 9.14. The van der Waals surface area contributed by atoms with Gasteiger partial charge in [-0.05, 0) is 61.7 Å². The molecule has 3 aromatic heterocycles. The summed E-state index contributed by atoms with van der Waals surface area (Å²) in [7, 11) is 4.15. The van der Waals surface area contributed by atoms with Gasteiger partial charge in [-0.15, -0.1) is 0 Å². The van der Waals surface area contributed by atoms with Gasteiger partial charge in [-0.2, -0.15) is 4.98 Å². The van der Waals surface area contributed by atoms with Crippen LogP contribution in [0.4, 0.5) is 17.5 Å². The third-order valence-electron chi connectivity index (χ3n) is 8.46.